The van der Waals surface area contributed by atoms with Crippen molar-refractivity contribution in [2.45, 2.75) is 24.0 Å². The molecule has 3 aromatic rings. The fraction of sp³-hybridized carbons (Fsp3) is 0.364. The standard InChI is InChI=1S/C22H23F3N4O6S/c1-3-33-21(31)34-11-10-28(2)20(30)29-18-7-5-4-6-17(18)27-19(29)36(32)13-15-12-16(8-9-26-15)35-14-22(23,24)25/h4-9,12H,3,10-11,13-14H2,1-2H3/t36-/m1/s1. The topological polar surface area (TPSA) is 113 Å². The maximum atomic E-state index is 13.2. The van der Waals surface area contributed by atoms with Gasteiger partial charge in [0.05, 0.1) is 46.4 Å². The lowest BCUT2D eigenvalue weighted by atomic mass is 10.3. The Morgan fingerprint density at radius 3 is 2.64 bits per heavy atom. The summed E-state index contributed by atoms with van der Waals surface area (Å²) in [4.78, 5) is 34.2. The minimum absolute atomic E-state index is 0.0242. The fourth-order valence-corrected chi connectivity index (χ4v) is 4.16. The normalized spacial score (nSPS) is 12.2. The number of hydrogen-bond acceptors (Lipinski definition) is 8. The van der Waals surface area contributed by atoms with Crippen LogP contribution in [0, 0.1) is 0 Å². The third-order valence-electron chi connectivity index (χ3n) is 4.63. The molecular formula is C22H23F3N4O6S. The quantitative estimate of drug-likeness (QED) is 0.386. The molecule has 0 saturated heterocycles. The van der Waals surface area contributed by atoms with Crippen LogP contribution in [0.1, 0.15) is 12.6 Å². The van der Waals surface area contributed by atoms with Gasteiger partial charge in [-0.1, -0.05) is 12.1 Å². The molecule has 0 N–H and O–H groups in total. The molecule has 0 bridgehead atoms. The number of amides is 1. The number of pyridine rings is 1. The van der Waals surface area contributed by atoms with E-state index in [2.05, 4.69) is 14.7 Å². The molecule has 1 aromatic carbocycles. The molecule has 0 aliphatic heterocycles. The Bertz CT molecular complexity index is 1250. The van der Waals surface area contributed by atoms with Crippen molar-refractivity contribution in [2.75, 3.05) is 33.4 Å². The number of carbonyl (C=O) groups excluding carboxylic acids is 2. The average molecular weight is 529 g/mol. The van der Waals surface area contributed by atoms with E-state index in [0.29, 0.717) is 11.0 Å². The molecule has 2 heterocycles. The van der Waals surface area contributed by atoms with Crippen LogP contribution in [0.15, 0.2) is 47.8 Å². The third-order valence-corrected chi connectivity index (χ3v) is 5.87. The van der Waals surface area contributed by atoms with Gasteiger partial charge >= 0.3 is 18.4 Å². The molecule has 0 saturated carbocycles. The van der Waals surface area contributed by atoms with Crippen LogP contribution in [-0.2, 0) is 26.0 Å². The SMILES string of the molecule is CCOC(=O)OCCN(C)C(=O)n1c([S@](=O)Cc2cc(OCC(F)(F)F)ccn2)nc2ccccc21. The van der Waals surface area contributed by atoms with Crippen LogP contribution in [0.3, 0.4) is 0 Å². The zero-order valence-electron chi connectivity index (χ0n) is 19.4. The first kappa shape index (κ1) is 26.9. The number of likely N-dealkylation sites (N-methyl/N-ethyl adjacent to an activating group) is 1. The summed E-state index contributed by atoms with van der Waals surface area (Å²) in [6.45, 7) is 0.202. The van der Waals surface area contributed by atoms with Crippen LogP contribution < -0.4 is 4.74 Å². The van der Waals surface area contributed by atoms with Crippen LogP contribution in [0.4, 0.5) is 22.8 Å². The van der Waals surface area contributed by atoms with Gasteiger partial charge in [0, 0.05) is 19.3 Å². The van der Waals surface area contributed by atoms with E-state index in [1.165, 1.54) is 34.8 Å². The number of fused-ring (bicyclic) bond motifs is 1. The number of nitrogens with zero attached hydrogens (tertiary/aromatic N) is 4. The van der Waals surface area contributed by atoms with Gasteiger partial charge in [0.25, 0.3) is 0 Å². The molecular weight excluding hydrogens is 505 g/mol. The molecule has 1 amide bonds. The maximum Gasteiger partial charge on any atom is 0.508 e. The minimum Gasteiger partial charge on any atom is -0.484 e. The minimum atomic E-state index is -4.51. The van der Waals surface area contributed by atoms with Gasteiger partial charge < -0.3 is 19.1 Å². The summed E-state index contributed by atoms with van der Waals surface area (Å²) in [6, 6.07) is 8.60. The van der Waals surface area contributed by atoms with E-state index in [1.807, 2.05) is 0 Å². The summed E-state index contributed by atoms with van der Waals surface area (Å²) >= 11 is 0. The molecule has 0 aliphatic rings. The van der Waals surface area contributed by atoms with E-state index < -0.39 is 35.8 Å². The van der Waals surface area contributed by atoms with Gasteiger partial charge in [-0.05, 0) is 25.1 Å². The molecule has 0 unspecified atom stereocenters. The number of benzene rings is 1. The van der Waals surface area contributed by atoms with Crippen molar-refractivity contribution in [1.82, 2.24) is 19.4 Å². The summed E-state index contributed by atoms with van der Waals surface area (Å²) in [5.41, 5.74) is 1.01. The zero-order chi connectivity index (χ0) is 26.3. The molecule has 2 aromatic heterocycles. The average Bonchev–Trinajstić information content (AvgIpc) is 3.22. The van der Waals surface area contributed by atoms with Crippen molar-refractivity contribution >= 4 is 34.0 Å². The highest BCUT2D eigenvalue weighted by Crippen LogP contribution is 2.23. The number of rotatable bonds is 9. The molecule has 0 radical (unpaired) electrons. The number of hydrogen-bond donors (Lipinski definition) is 0. The Labute approximate surface area is 206 Å². The first-order valence-electron chi connectivity index (χ1n) is 10.6. The highest BCUT2D eigenvalue weighted by molar-refractivity contribution is 7.84. The molecule has 0 fully saturated rings. The van der Waals surface area contributed by atoms with Crippen LogP contribution in [-0.4, -0.2) is 75.4 Å². The molecule has 0 aliphatic carbocycles. The number of alkyl halides is 3. The number of halogens is 3. The summed E-state index contributed by atoms with van der Waals surface area (Å²) in [6.07, 6.45) is -4.13. The van der Waals surface area contributed by atoms with E-state index in [9.17, 15) is 27.0 Å². The van der Waals surface area contributed by atoms with E-state index in [1.54, 1.807) is 31.2 Å². The van der Waals surface area contributed by atoms with Crippen LogP contribution >= 0.6 is 0 Å². The molecule has 3 rings (SSSR count). The predicted molar refractivity (Wildman–Crippen MR) is 122 cm³/mol. The lowest BCUT2D eigenvalue weighted by Gasteiger charge is -2.18. The van der Waals surface area contributed by atoms with Crippen LogP contribution in [0.25, 0.3) is 11.0 Å². The molecule has 0 spiro atoms. The Morgan fingerprint density at radius 1 is 1.17 bits per heavy atom. The maximum absolute atomic E-state index is 13.2. The lowest BCUT2D eigenvalue weighted by molar-refractivity contribution is -0.153. The van der Waals surface area contributed by atoms with Crippen LogP contribution in [0.5, 0.6) is 5.75 Å². The second-order valence-corrected chi connectivity index (χ2v) is 8.68. The van der Waals surface area contributed by atoms with E-state index in [-0.39, 0.29) is 42.1 Å². The van der Waals surface area contributed by atoms with Gasteiger partial charge in [0.15, 0.2) is 6.61 Å². The van der Waals surface area contributed by atoms with Gasteiger partial charge in [0.1, 0.15) is 12.4 Å². The third kappa shape index (κ3) is 7.16. The highest BCUT2D eigenvalue weighted by Gasteiger charge is 2.28. The lowest BCUT2D eigenvalue weighted by Crippen LogP contribution is -2.35. The first-order chi connectivity index (χ1) is 17.1. The van der Waals surface area contributed by atoms with Crippen molar-refractivity contribution in [3.8, 4) is 5.75 Å². The number of ether oxygens (including phenoxy) is 3. The highest BCUT2D eigenvalue weighted by atomic mass is 32.2. The van der Waals surface area contributed by atoms with E-state index in [0.717, 1.165) is 0 Å². The summed E-state index contributed by atoms with van der Waals surface area (Å²) in [7, 11) is -0.428. The summed E-state index contributed by atoms with van der Waals surface area (Å²) < 4.78 is 66.0. The number of imidazole rings is 1. The summed E-state index contributed by atoms with van der Waals surface area (Å²) in [5, 5.41) is -0.0669. The van der Waals surface area contributed by atoms with Crippen molar-refractivity contribution in [3.05, 3.63) is 48.3 Å². The van der Waals surface area contributed by atoms with Gasteiger partial charge in [-0.2, -0.15) is 13.2 Å². The van der Waals surface area contributed by atoms with Gasteiger partial charge in [-0.25, -0.2) is 19.1 Å². The second-order valence-electron chi connectivity index (χ2n) is 7.33. The molecule has 10 nitrogen and oxygen atoms in total. The first-order valence-corrected chi connectivity index (χ1v) is 12.0. The zero-order valence-corrected chi connectivity index (χ0v) is 20.2. The van der Waals surface area contributed by atoms with E-state index in [4.69, 9.17) is 9.47 Å². The second kappa shape index (κ2) is 11.8. The fourth-order valence-electron chi connectivity index (χ4n) is 3.02. The van der Waals surface area contributed by atoms with Gasteiger partial charge in [-0.15, -0.1) is 0 Å². The van der Waals surface area contributed by atoms with Gasteiger partial charge in [0.2, 0.25) is 5.16 Å². The monoisotopic (exact) mass is 528 g/mol. The Hall–Kier alpha value is -3.68. The number of carbonyl (C=O) groups is 2. The Morgan fingerprint density at radius 2 is 1.92 bits per heavy atom. The smallest absolute Gasteiger partial charge is 0.484 e. The molecule has 194 valence electrons. The number of aromatic nitrogens is 3. The van der Waals surface area contributed by atoms with Crippen molar-refractivity contribution in [1.29, 1.82) is 0 Å². The van der Waals surface area contributed by atoms with Gasteiger partial charge in [-0.3, -0.25) is 9.19 Å². The summed E-state index contributed by atoms with van der Waals surface area (Å²) in [5.74, 6) is -0.310. The van der Waals surface area contributed by atoms with Crippen molar-refractivity contribution < 1.29 is 41.2 Å². The Kier molecular flexibility index (Phi) is 8.85. The molecule has 14 heteroatoms. The predicted octanol–water partition coefficient (Wildman–Crippen LogP) is 3.75. The van der Waals surface area contributed by atoms with E-state index >= 15 is 0 Å². The molecule has 36 heavy (non-hydrogen) atoms. The largest absolute Gasteiger partial charge is 0.508 e. The van der Waals surface area contributed by atoms with Crippen molar-refractivity contribution in [2.24, 2.45) is 0 Å². The van der Waals surface area contributed by atoms with Crippen molar-refractivity contribution in [3.63, 3.8) is 0 Å². The Balaban J connectivity index is 1.80. The number of para-hydroxylation sites is 2. The molecule has 1 atom stereocenters. The van der Waals surface area contributed by atoms with Crippen LogP contribution in [0.2, 0.25) is 0 Å².